The molecule has 3 aromatic rings. The van der Waals surface area contributed by atoms with Crippen molar-refractivity contribution >= 4 is 23.1 Å². The van der Waals surface area contributed by atoms with E-state index in [1.54, 1.807) is 72.8 Å². The highest BCUT2D eigenvalue weighted by Crippen LogP contribution is 2.31. The molecular weight excluding hydrogens is 358 g/mol. The Balaban J connectivity index is 1.98. The lowest BCUT2D eigenvalue weighted by molar-refractivity contribution is 0.0587. The van der Waals surface area contributed by atoms with Crippen LogP contribution in [0.2, 0.25) is 0 Å². The monoisotopic (exact) mass is 377 g/mol. The molecule has 3 aromatic carbocycles. The average Bonchev–Trinajstić information content (AvgIpc) is 2.70. The summed E-state index contributed by atoms with van der Waals surface area (Å²) in [4.78, 5) is 13.2. The minimum absolute atomic E-state index is 0.271. The van der Waals surface area contributed by atoms with Gasteiger partial charge in [-0.1, -0.05) is 78.9 Å². The van der Waals surface area contributed by atoms with Gasteiger partial charge in [0.05, 0.1) is 5.92 Å². The maximum absolute atomic E-state index is 13.2. The summed E-state index contributed by atoms with van der Waals surface area (Å²) >= 11 is 5.27. The van der Waals surface area contributed by atoms with Crippen molar-refractivity contribution in [3.8, 4) is 5.75 Å². The van der Waals surface area contributed by atoms with Crippen LogP contribution in [0.1, 0.15) is 21.8 Å². The molecule has 2 unspecified atom stereocenters. The maximum atomic E-state index is 13.2. The zero-order valence-corrected chi connectivity index (χ0v) is 15.3. The highest BCUT2D eigenvalue weighted by atomic mass is 32.1. The van der Waals surface area contributed by atoms with Crippen LogP contribution in [0.25, 0.3) is 0 Å². The van der Waals surface area contributed by atoms with Crippen LogP contribution in [0.5, 0.6) is 5.75 Å². The van der Waals surface area contributed by atoms with E-state index >= 15 is 0 Å². The smallest absolute Gasteiger partial charge is 0.215 e. The number of aliphatic hydroxyl groups is 1. The third-order valence-corrected chi connectivity index (χ3v) is 4.58. The standard InChI is InChI=1S/C22H19NO3S/c23-22(25,21(27)26-18-14-8-3-9-15-18)19(16-10-4-1-5-11-16)20(24)17-12-6-2-7-13-17/h1-15,19,25H,23H2. The molecule has 0 aliphatic rings. The first-order chi connectivity index (χ1) is 13.0. The van der Waals surface area contributed by atoms with E-state index in [2.05, 4.69) is 0 Å². The van der Waals surface area contributed by atoms with Gasteiger partial charge in [0.25, 0.3) is 0 Å². The molecule has 3 rings (SSSR count). The number of para-hydroxylation sites is 1. The Hall–Kier alpha value is -2.86. The summed E-state index contributed by atoms with van der Waals surface area (Å²) in [5.41, 5.74) is 4.99. The third kappa shape index (κ3) is 4.28. The summed E-state index contributed by atoms with van der Waals surface area (Å²) in [5, 5.41) is 10.8. The van der Waals surface area contributed by atoms with Crippen molar-refractivity contribution in [2.75, 3.05) is 0 Å². The normalized spacial score (nSPS) is 14.0. The van der Waals surface area contributed by atoms with Gasteiger partial charge in [-0.05, 0) is 29.9 Å². The predicted molar refractivity (Wildman–Crippen MR) is 109 cm³/mol. The molecule has 0 bridgehead atoms. The Morgan fingerprint density at radius 2 is 1.37 bits per heavy atom. The molecule has 0 fully saturated rings. The number of benzene rings is 3. The van der Waals surface area contributed by atoms with Gasteiger partial charge in [0, 0.05) is 5.56 Å². The quantitative estimate of drug-likeness (QED) is 0.389. The van der Waals surface area contributed by atoms with Crippen molar-refractivity contribution in [1.29, 1.82) is 0 Å². The topological polar surface area (TPSA) is 72.6 Å². The van der Waals surface area contributed by atoms with Crippen molar-refractivity contribution < 1.29 is 14.6 Å². The molecule has 0 heterocycles. The van der Waals surface area contributed by atoms with Crippen LogP contribution in [0.3, 0.4) is 0 Å². The molecule has 0 aliphatic heterocycles. The first-order valence-electron chi connectivity index (χ1n) is 8.43. The van der Waals surface area contributed by atoms with Gasteiger partial charge in [-0.25, -0.2) is 0 Å². The van der Waals surface area contributed by atoms with E-state index in [4.69, 9.17) is 22.7 Å². The summed E-state index contributed by atoms with van der Waals surface area (Å²) in [5.74, 6) is -1.02. The zero-order chi connectivity index (χ0) is 19.3. The van der Waals surface area contributed by atoms with E-state index in [1.165, 1.54) is 0 Å². The molecule has 0 amide bonds. The van der Waals surface area contributed by atoms with E-state index in [0.717, 1.165) is 0 Å². The predicted octanol–water partition coefficient (Wildman–Crippen LogP) is 3.71. The van der Waals surface area contributed by atoms with Gasteiger partial charge in [0.1, 0.15) is 5.75 Å². The van der Waals surface area contributed by atoms with E-state index in [0.29, 0.717) is 16.9 Å². The summed E-state index contributed by atoms with van der Waals surface area (Å²) in [6, 6.07) is 26.3. The maximum Gasteiger partial charge on any atom is 0.215 e. The third-order valence-electron chi connectivity index (χ3n) is 4.17. The number of thiocarbonyl (C=S) groups is 1. The number of rotatable bonds is 6. The molecule has 2 atom stereocenters. The number of nitrogens with two attached hydrogens (primary N) is 1. The SMILES string of the molecule is NC(O)(C(=S)Oc1ccccc1)C(C(=O)c1ccccc1)c1ccccc1. The molecule has 0 saturated heterocycles. The van der Waals surface area contributed by atoms with Gasteiger partial charge >= 0.3 is 0 Å². The average molecular weight is 377 g/mol. The van der Waals surface area contributed by atoms with Crippen LogP contribution >= 0.6 is 12.2 Å². The first kappa shape index (κ1) is 18.9. The van der Waals surface area contributed by atoms with Crippen molar-refractivity contribution in [1.82, 2.24) is 0 Å². The van der Waals surface area contributed by atoms with Crippen LogP contribution in [0.4, 0.5) is 0 Å². The van der Waals surface area contributed by atoms with Crippen molar-refractivity contribution in [2.24, 2.45) is 5.73 Å². The van der Waals surface area contributed by atoms with Gasteiger partial charge in [0.15, 0.2) is 11.5 Å². The van der Waals surface area contributed by atoms with Crippen LogP contribution < -0.4 is 10.5 Å². The summed E-state index contributed by atoms with van der Waals surface area (Å²) in [6.07, 6.45) is 0. The van der Waals surface area contributed by atoms with Crippen molar-refractivity contribution in [3.05, 3.63) is 102 Å². The lowest BCUT2D eigenvalue weighted by atomic mass is 9.82. The Labute approximate surface area is 163 Å². The zero-order valence-electron chi connectivity index (χ0n) is 14.5. The highest BCUT2D eigenvalue weighted by molar-refractivity contribution is 7.80. The molecular formula is C22H19NO3S. The molecule has 0 aromatic heterocycles. The molecule has 0 spiro atoms. The lowest BCUT2D eigenvalue weighted by Gasteiger charge is -2.32. The number of hydrogen-bond donors (Lipinski definition) is 2. The second kappa shape index (κ2) is 8.22. The number of Topliss-reactive ketones (excluding diaryl/α,β-unsaturated/α-hetero) is 1. The minimum atomic E-state index is -2.18. The van der Waals surface area contributed by atoms with Crippen molar-refractivity contribution in [3.63, 3.8) is 0 Å². The summed E-state index contributed by atoms with van der Waals surface area (Å²) < 4.78 is 5.57. The van der Waals surface area contributed by atoms with Gasteiger partial charge in [-0.3, -0.25) is 10.5 Å². The van der Waals surface area contributed by atoms with E-state index in [1.807, 2.05) is 18.2 Å². The highest BCUT2D eigenvalue weighted by Gasteiger charge is 2.44. The van der Waals surface area contributed by atoms with E-state index < -0.39 is 11.6 Å². The molecule has 27 heavy (non-hydrogen) atoms. The summed E-state index contributed by atoms with van der Waals surface area (Å²) in [7, 11) is 0. The van der Waals surface area contributed by atoms with E-state index in [-0.39, 0.29) is 10.8 Å². The second-order valence-corrected chi connectivity index (χ2v) is 6.47. The van der Waals surface area contributed by atoms with Crippen LogP contribution in [-0.4, -0.2) is 21.7 Å². The molecule has 5 heteroatoms. The van der Waals surface area contributed by atoms with Gasteiger partial charge in [-0.15, -0.1) is 0 Å². The number of carbonyl (C=O) groups is 1. The fraction of sp³-hybridized carbons (Fsp3) is 0.0909. The Morgan fingerprint density at radius 1 is 0.889 bits per heavy atom. The molecule has 136 valence electrons. The fourth-order valence-electron chi connectivity index (χ4n) is 2.82. The van der Waals surface area contributed by atoms with Crippen LogP contribution in [0, 0.1) is 0 Å². The fourth-order valence-corrected chi connectivity index (χ4v) is 3.03. The Kier molecular flexibility index (Phi) is 5.76. The number of ketones is 1. The molecule has 0 radical (unpaired) electrons. The molecule has 4 nitrogen and oxygen atoms in total. The largest absolute Gasteiger partial charge is 0.446 e. The van der Waals surface area contributed by atoms with Crippen molar-refractivity contribution in [2.45, 2.75) is 11.6 Å². The number of carbonyl (C=O) groups excluding carboxylic acids is 1. The number of hydrogen-bond acceptors (Lipinski definition) is 5. The first-order valence-corrected chi connectivity index (χ1v) is 8.84. The Bertz CT molecular complexity index is 912. The van der Waals surface area contributed by atoms with Crippen LogP contribution in [0.15, 0.2) is 91.0 Å². The van der Waals surface area contributed by atoms with E-state index in [9.17, 15) is 9.90 Å². The Morgan fingerprint density at radius 3 is 1.93 bits per heavy atom. The van der Waals surface area contributed by atoms with Gasteiger partial charge in [-0.2, -0.15) is 0 Å². The minimum Gasteiger partial charge on any atom is -0.446 e. The van der Waals surface area contributed by atoms with Gasteiger partial charge < -0.3 is 9.84 Å². The van der Waals surface area contributed by atoms with Crippen LogP contribution in [-0.2, 0) is 0 Å². The van der Waals surface area contributed by atoms with Gasteiger partial charge in [0.2, 0.25) is 5.05 Å². The number of ether oxygens (including phenoxy) is 1. The molecule has 3 N–H and O–H groups in total. The molecule has 0 saturated carbocycles. The second-order valence-electron chi connectivity index (χ2n) is 6.10. The molecule has 0 aliphatic carbocycles. The summed E-state index contributed by atoms with van der Waals surface area (Å²) in [6.45, 7) is 0. The lowest BCUT2D eigenvalue weighted by Crippen LogP contribution is -2.56.